The average Bonchev–Trinajstić information content (AvgIpc) is 2.52. The van der Waals surface area contributed by atoms with Crippen LogP contribution in [0.15, 0.2) is 18.2 Å². The zero-order valence-electron chi connectivity index (χ0n) is 13.4. The first-order chi connectivity index (χ1) is 10.3. The number of amides is 1. The topological polar surface area (TPSA) is 66.5 Å². The molecule has 0 unspecified atom stereocenters. The van der Waals surface area contributed by atoms with E-state index in [1.807, 2.05) is 32.0 Å². The number of piperidine rings is 1. The van der Waals surface area contributed by atoms with Gasteiger partial charge in [0.25, 0.3) is 0 Å². The van der Waals surface area contributed by atoms with Crippen LogP contribution in [0, 0.1) is 19.8 Å². The van der Waals surface area contributed by atoms with E-state index in [4.69, 9.17) is 0 Å². The molecule has 0 radical (unpaired) electrons. The lowest BCUT2D eigenvalue weighted by atomic mass is 9.98. The minimum absolute atomic E-state index is 0.0817. The Balaban J connectivity index is 2.08. The fourth-order valence-electron chi connectivity index (χ4n) is 2.71. The maximum absolute atomic E-state index is 12.5. The van der Waals surface area contributed by atoms with Crippen molar-refractivity contribution in [3.05, 3.63) is 29.3 Å². The van der Waals surface area contributed by atoms with Crippen molar-refractivity contribution in [3.63, 3.8) is 0 Å². The number of benzene rings is 1. The molecule has 0 saturated carbocycles. The van der Waals surface area contributed by atoms with Crippen LogP contribution in [-0.4, -0.2) is 37.5 Å². The number of carbonyl (C=O) groups excluding carboxylic acids is 1. The van der Waals surface area contributed by atoms with E-state index >= 15 is 0 Å². The van der Waals surface area contributed by atoms with E-state index in [2.05, 4.69) is 5.32 Å². The molecule has 1 atom stereocenters. The van der Waals surface area contributed by atoms with Crippen LogP contribution in [0.25, 0.3) is 0 Å². The summed E-state index contributed by atoms with van der Waals surface area (Å²) >= 11 is 0. The summed E-state index contributed by atoms with van der Waals surface area (Å²) in [5.74, 6) is -0.294. The summed E-state index contributed by atoms with van der Waals surface area (Å²) in [5, 5.41) is 2.95. The largest absolute Gasteiger partial charge is 0.326 e. The minimum Gasteiger partial charge on any atom is -0.326 e. The van der Waals surface area contributed by atoms with E-state index in [0.29, 0.717) is 6.54 Å². The van der Waals surface area contributed by atoms with E-state index in [-0.39, 0.29) is 24.1 Å². The number of sulfonamides is 1. The number of rotatable bonds is 4. The Morgan fingerprint density at radius 1 is 1.36 bits per heavy atom. The summed E-state index contributed by atoms with van der Waals surface area (Å²) in [6, 6.07) is 5.79. The van der Waals surface area contributed by atoms with Crippen molar-refractivity contribution >= 4 is 21.6 Å². The standard InChI is InChI=1S/C16H24N2O3S/c1-4-22(20,21)18-10-6-8-14(11-18)16(19)17-15-9-5-7-12(2)13(15)3/h5,7,9,14H,4,6,8,10-11H2,1-3H3,(H,17,19)/t14-/m1/s1. The fraction of sp³-hybridized carbons (Fsp3) is 0.562. The normalized spacial score (nSPS) is 19.9. The highest BCUT2D eigenvalue weighted by molar-refractivity contribution is 7.89. The van der Waals surface area contributed by atoms with Crippen LogP contribution < -0.4 is 5.32 Å². The summed E-state index contributed by atoms with van der Waals surface area (Å²) in [6.07, 6.45) is 1.45. The lowest BCUT2D eigenvalue weighted by Gasteiger charge is -2.31. The molecule has 1 heterocycles. The molecule has 1 aromatic carbocycles. The highest BCUT2D eigenvalue weighted by atomic mass is 32.2. The van der Waals surface area contributed by atoms with Gasteiger partial charge in [0.2, 0.25) is 15.9 Å². The second kappa shape index (κ2) is 6.79. The first kappa shape index (κ1) is 17.0. The lowest BCUT2D eigenvalue weighted by molar-refractivity contribution is -0.120. The predicted molar refractivity (Wildman–Crippen MR) is 88.3 cm³/mol. The van der Waals surface area contributed by atoms with E-state index < -0.39 is 10.0 Å². The van der Waals surface area contributed by atoms with Crippen LogP contribution in [-0.2, 0) is 14.8 Å². The van der Waals surface area contributed by atoms with Gasteiger partial charge in [-0.25, -0.2) is 12.7 Å². The molecule has 0 bridgehead atoms. The molecule has 1 N–H and O–H groups in total. The summed E-state index contributed by atoms with van der Waals surface area (Å²) in [5.41, 5.74) is 2.97. The van der Waals surface area contributed by atoms with Crippen molar-refractivity contribution < 1.29 is 13.2 Å². The number of anilines is 1. The van der Waals surface area contributed by atoms with Crippen LogP contribution in [0.1, 0.15) is 30.9 Å². The van der Waals surface area contributed by atoms with Gasteiger partial charge in [-0.3, -0.25) is 4.79 Å². The van der Waals surface area contributed by atoms with Gasteiger partial charge in [0.05, 0.1) is 11.7 Å². The molecule has 22 heavy (non-hydrogen) atoms. The van der Waals surface area contributed by atoms with Gasteiger partial charge in [-0.15, -0.1) is 0 Å². The maximum atomic E-state index is 12.5. The van der Waals surface area contributed by atoms with E-state index in [0.717, 1.165) is 29.7 Å². The van der Waals surface area contributed by atoms with E-state index in [1.165, 1.54) is 4.31 Å². The molecule has 0 aromatic heterocycles. The summed E-state index contributed by atoms with van der Waals surface area (Å²) in [7, 11) is -3.22. The van der Waals surface area contributed by atoms with Gasteiger partial charge in [-0.1, -0.05) is 12.1 Å². The van der Waals surface area contributed by atoms with E-state index in [9.17, 15) is 13.2 Å². The first-order valence-corrected chi connectivity index (χ1v) is 9.31. The minimum atomic E-state index is -3.22. The molecule has 1 amide bonds. The van der Waals surface area contributed by atoms with Crippen molar-refractivity contribution in [2.45, 2.75) is 33.6 Å². The van der Waals surface area contributed by atoms with Gasteiger partial charge < -0.3 is 5.32 Å². The van der Waals surface area contributed by atoms with Crippen LogP contribution in [0.2, 0.25) is 0 Å². The quantitative estimate of drug-likeness (QED) is 0.924. The predicted octanol–water partition coefficient (Wildman–Crippen LogP) is 2.30. The Hall–Kier alpha value is -1.40. The molecular formula is C16H24N2O3S. The number of nitrogens with zero attached hydrogens (tertiary/aromatic N) is 1. The lowest BCUT2D eigenvalue weighted by Crippen LogP contribution is -2.44. The molecule has 1 aliphatic rings. The molecule has 2 rings (SSSR count). The monoisotopic (exact) mass is 324 g/mol. The van der Waals surface area contributed by atoms with Gasteiger partial charge in [-0.2, -0.15) is 0 Å². The van der Waals surface area contributed by atoms with Crippen LogP contribution >= 0.6 is 0 Å². The van der Waals surface area contributed by atoms with Gasteiger partial charge >= 0.3 is 0 Å². The number of carbonyl (C=O) groups is 1. The molecule has 5 nitrogen and oxygen atoms in total. The number of nitrogens with one attached hydrogen (secondary N) is 1. The van der Waals surface area contributed by atoms with Crippen molar-refractivity contribution in [2.75, 3.05) is 24.2 Å². The summed E-state index contributed by atoms with van der Waals surface area (Å²) in [4.78, 5) is 12.5. The molecular weight excluding hydrogens is 300 g/mol. The van der Waals surface area contributed by atoms with Gasteiger partial charge in [-0.05, 0) is 50.8 Å². The maximum Gasteiger partial charge on any atom is 0.228 e. The summed E-state index contributed by atoms with van der Waals surface area (Å²) in [6.45, 7) is 6.41. The SMILES string of the molecule is CCS(=O)(=O)N1CCC[C@@H](C(=O)Nc2cccc(C)c2C)C1. The Kier molecular flexibility index (Phi) is 5.24. The molecule has 1 aliphatic heterocycles. The van der Waals surface area contributed by atoms with Gasteiger partial charge in [0, 0.05) is 18.8 Å². The van der Waals surface area contributed by atoms with Crippen LogP contribution in [0.4, 0.5) is 5.69 Å². The zero-order chi connectivity index (χ0) is 16.3. The Bertz CT molecular complexity index is 655. The number of hydrogen-bond acceptors (Lipinski definition) is 3. The molecule has 1 fully saturated rings. The highest BCUT2D eigenvalue weighted by Gasteiger charge is 2.31. The zero-order valence-corrected chi connectivity index (χ0v) is 14.2. The van der Waals surface area contributed by atoms with Gasteiger partial charge in [0.15, 0.2) is 0 Å². The van der Waals surface area contributed by atoms with Crippen molar-refractivity contribution in [1.82, 2.24) is 4.31 Å². The highest BCUT2D eigenvalue weighted by Crippen LogP contribution is 2.23. The summed E-state index contributed by atoms with van der Waals surface area (Å²) < 4.78 is 25.4. The van der Waals surface area contributed by atoms with Crippen molar-refractivity contribution in [3.8, 4) is 0 Å². The molecule has 1 aromatic rings. The molecule has 0 aliphatic carbocycles. The second-order valence-corrected chi connectivity index (χ2v) is 8.09. The fourth-order valence-corrected chi connectivity index (χ4v) is 3.89. The Morgan fingerprint density at radius 3 is 2.77 bits per heavy atom. The van der Waals surface area contributed by atoms with Crippen molar-refractivity contribution in [2.24, 2.45) is 5.92 Å². The first-order valence-electron chi connectivity index (χ1n) is 7.70. The molecule has 122 valence electrons. The molecule has 6 heteroatoms. The molecule has 1 saturated heterocycles. The Labute approximate surface area is 132 Å². The number of hydrogen-bond donors (Lipinski definition) is 1. The van der Waals surface area contributed by atoms with E-state index in [1.54, 1.807) is 6.92 Å². The van der Waals surface area contributed by atoms with Crippen LogP contribution in [0.3, 0.4) is 0 Å². The average molecular weight is 324 g/mol. The van der Waals surface area contributed by atoms with Gasteiger partial charge in [0.1, 0.15) is 0 Å². The third-order valence-corrected chi connectivity index (χ3v) is 6.22. The molecule has 0 spiro atoms. The third-order valence-electron chi connectivity index (χ3n) is 4.38. The number of aryl methyl sites for hydroxylation is 1. The Morgan fingerprint density at radius 2 is 2.09 bits per heavy atom. The third kappa shape index (κ3) is 3.67. The van der Waals surface area contributed by atoms with Crippen LogP contribution in [0.5, 0.6) is 0 Å². The second-order valence-electron chi connectivity index (χ2n) is 5.83. The smallest absolute Gasteiger partial charge is 0.228 e. The van der Waals surface area contributed by atoms with Crippen molar-refractivity contribution in [1.29, 1.82) is 0 Å².